The molecular weight excluding hydrogens is 314 g/mol. The highest BCUT2D eigenvalue weighted by atomic mass is 16.5. The molecule has 1 aromatic heterocycles. The highest BCUT2D eigenvalue weighted by Crippen LogP contribution is 2.20. The SMILES string of the molecule is NC(=O)c1cccc(Oc2ccc(CCNc3ccccc3)cc2)n1. The molecule has 5 nitrogen and oxygen atoms in total. The summed E-state index contributed by atoms with van der Waals surface area (Å²) in [5, 5.41) is 3.38. The molecule has 126 valence electrons. The predicted molar refractivity (Wildman–Crippen MR) is 97.9 cm³/mol. The first kappa shape index (κ1) is 16.5. The number of pyridine rings is 1. The molecule has 5 heteroatoms. The monoisotopic (exact) mass is 333 g/mol. The first-order chi connectivity index (χ1) is 12.2. The third-order valence-corrected chi connectivity index (χ3v) is 3.64. The zero-order valence-corrected chi connectivity index (χ0v) is 13.7. The van der Waals surface area contributed by atoms with E-state index < -0.39 is 5.91 Å². The number of nitrogens with zero attached hydrogens (tertiary/aromatic N) is 1. The zero-order valence-electron chi connectivity index (χ0n) is 13.7. The van der Waals surface area contributed by atoms with E-state index in [1.165, 1.54) is 5.56 Å². The lowest BCUT2D eigenvalue weighted by molar-refractivity contribution is 0.0995. The Kier molecular flexibility index (Phi) is 5.26. The van der Waals surface area contributed by atoms with Crippen LogP contribution in [0.5, 0.6) is 11.6 Å². The first-order valence-electron chi connectivity index (χ1n) is 8.03. The lowest BCUT2D eigenvalue weighted by Crippen LogP contribution is -2.12. The van der Waals surface area contributed by atoms with Crippen molar-refractivity contribution < 1.29 is 9.53 Å². The average Bonchev–Trinajstić information content (AvgIpc) is 2.64. The van der Waals surface area contributed by atoms with Crippen LogP contribution in [0.3, 0.4) is 0 Å². The fraction of sp³-hybridized carbons (Fsp3) is 0.100. The highest BCUT2D eigenvalue weighted by molar-refractivity contribution is 5.90. The van der Waals surface area contributed by atoms with Crippen molar-refractivity contribution in [2.24, 2.45) is 5.73 Å². The number of carbonyl (C=O) groups is 1. The summed E-state index contributed by atoms with van der Waals surface area (Å²) in [5.41, 5.74) is 7.72. The maximum absolute atomic E-state index is 11.2. The molecule has 1 heterocycles. The van der Waals surface area contributed by atoms with Gasteiger partial charge in [0.05, 0.1) is 0 Å². The normalized spacial score (nSPS) is 10.2. The van der Waals surface area contributed by atoms with Crippen molar-refractivity contribution in [1.82, 2.24) is 4.98 Å². The number of para-hydroxylation sites is 1. The maximum Gasteiger partial charge on any atom is 0.267 e. The number of amides is 1. The van der Waals surface area contributed by atoms with Gasteiger partial charge in [0.1, 0.15) is 11.4 Å². The van der Waals surface area contributed by atoms with Crippen LogP contribution in [0.15, 0.2) is 72.8 Å². The van der Waals surface area contributed by atoms with Gasteiger partial charge in [-0.3, -0.25) is 4.79 Å². The van der Waals surface area contributed by atoms with Crippen LogP contribution in [0, 0.1) is 0 Å². The molecule has 0 spiro atoms. The molecule has 25 heavy (non-hydrogen) atoms. The van der Waals surface area contributed by atoms with Gasteiger partial charge in [-0.1, -0.05) is 36.4 Å². The second-order valence-electron chi connectivity index (χ2n) is 5.51. The number of aromatic nitrogens is 1. The van der Waals surface area contributed by atoms with Crippen molar-refractivity contribution in [3.63, 3.8) is 0 Å². The quantitative estimate of drug-likeness (QED) is 0.692. The second-order valence-corrected chi connectivity index (χ2v) is 5.51. The molecular formula is C20H19N3O2. The van der Waals surface area contributed by atoms with E-state index in [0.717, 1.165) is 18.7 Å². The van der Waals surface area contributed by atoms with Crippen LogP contribution in [0.2, 0.25) is 0 Å². The van der Waals surface area contributed by atoms with Crippen molar-refractivity contribution in [2.45, 2.75) is 6.42 Å². The maximum atomic E-state index is 11.2. The Morgan fingerprint density at radius 1 is 0.960 bits per heavy atom. The van der Waals surface area contributed by atoms with Crippen LogP contribution in [0.1, 0.15) is 16.1 Å². The van der Waals surface area contributed by atoms with Crippen molar-refractivity contribution in [3.05, 3.63) is 84.1 Å². The largest absolute Gasteiger partial charge is 0.439 e. The fourth-order valence-electron chi connectivity index (χ4n) is 2.36. The van der Waals surface area contributed by atoms with Gasteiger partial charge in [-0.2, -0.15) is 0 Å². The van der Waals surface area contributed by atoms with Gasteiger partial charge >= 0.3 is 0 Å². The number of hydrogen-bond acceptors (Lipinski definition) is 4. The third kappa shape index (κ3) is 4.81. The molecule has 0 bridgehead atoms. The highest BCUT2D eigenvalue weighted by Gasteiger charge is 2.05. The number of nitrogens with two attached hydrogens (primary N) is 1. The Morgan fingerprint density at radius 3 is 2.44 bits per heavy atom. The van der Waals surface area contributed by atoms with E-state index in [1.54, 1.807) is 18.2 Å². The van der Waals surface area contributed by atoms with E-state index in [-0.39, 0.29) is 5.69 Å². The molecule has 0 saturated carbocycles. The molecule has 0 unspecified atom stereocenters. The number of benzene rings is 2. The minimum Gasteiger partial charge on any atom is -0.439 e. The van der Waals surface area contributed by atoms with Gasteiger partial charge in [-0.25, -0.2) is 4.98 Å². The number of carbonyl (C=O) groups excluding carboxylic acids is 1. The number of rotatable bonds is 7. The standard InChI is InChI=1S/C20H19N3O2/c21-20(24)18-7-4-8-19(23-18)25-17-11-9-15(10-12-17)13-14-22-16-5-2-1-3-6-16/h1-12,22H,13-14H2,(H2,21,24). The lowest BCUT2D eigenvalue weighted by Gasteiger charge is -2.08. The van der Waals surface area contributed by atoms with E-state index in [9.17, 15) is 4.79 Å². The molecule has 3 rings (SSSR count). The summed E-state index contributed by atoms with van der Waals surface area (Å²) in [5.74, 6) is 0.426. The van der Waals surface area contributed by atoms with E-state index in [4.69, 9.17) is 10.5 Å². The summed E-state index contributed by atoms with van der Waals surface area (Å²) < 4.78 is 5.66. The molecule has 0 fully saturated rings. The van der Waals surface area contributed by atoms with Gasteiger partial charge in [0, 0.05) is 18.3 Å². The topological polar surface area (TPSA) is 77.2 Å². The van der Waals surface area contributed by atoms with Crippen molar-refractivity contribution >= 4 is 11.6 Å². The number of primary amides is 1. The molecule has 0 aliphatic rings. The molecule has 1 amide bonds. The van der Waals surface area contributed by atoms with Crippen LogP contribution in [0.4, 0.5) is 5.69 Å². The summed E-state index contributed by atoms with van der Waals surface area (Å²) in [4.78, 5) is 15.2. The number of hydrogen-bond donors (Lipinski definition) is 2. The molecule has 0 aliphatic heterocycles. The van der Waals surface area contributed by atoms with Crippen LogP contribution < -0.4 is 15.8 Å². The molecule has 3 aromatic rings. The summed E-state index contributed by atoms with van der Waals surface area (Å²) >= 11 is 0. The third-order valence-electron chi connectivity index (χ3n) is 3.64. The van der Waals surface area contributed by atoms with E-state index in [1.807, 2.05) is 54.6 Å². The summed E-state index contributed by atoms with van der Waals surface area (Å²) in [6, 6.07) is 22.8. The van der Waals surface area contributed by atoms with E-state index in [0.29, 0.717) is 11.6 Å². The van der Waals surface area contributed by atoms with Crippen molar-refractivity contribution in [3.8, 4) is 11.6 Å². The summed E-state index contributed by atoms with van der Waals surface area (Å²) in [6.07, 6.45) is 0.907. The zero-order chi connectivity index (χ0) is 17.5. The minimum absolute atomic E-state index is 0.182. The lowest BCUT2D eigenvalue weighted by atomic mass is 10.1. The second kappa shape index (κ2) is 7.97. The van der Waals surface area contributed by atoms with Crippen LogP contribution in [-0.2, 0) is 6.42 Å². The van der Waals surface area contributed by atoms with Gasteiger partial charge in [0.15, 0.2) is 0 Å². The molecule has 0 aliphatic carbocycles. The van der Waals surface area contributed by atoms with Gasteiger partial charge in [-0.15, -0.1) is 0 Å². The first-order valence-corrected chi connectivity index (χ1v) is 8.03. The summed E-state index contributed by atoms with van der Waals surface area (Å²) in [6.45, 7) is 0.854. The number of nitrogens with one attached hydrogen (secondary N) is 1. The Hall–Kier alpha value is -3.34. The van der Waals surface area contributed by atoms with Gasteiger partial charge in [0.25, 0.3) is 5.91 Å². The Bertz CT molecular complexity index is 833. The minimum atomic E-state index is -0.577. The number of ether oxygens (including phenoxy) is 1. The van der Waals surface area contributed by atoms with Crippen LogP contribution in [0.25, 0.3) is 0 Å². The van der Waals surface area contributed by atoms with E-state index >= 15 is 0 Å². The van der Waals surface area contributed by atoms with E-state index in [2.05, 4.69) is 10.3 Å². The van der Waals surface area contributed by atoms with Gasteiger partial charge < -0.3 is 15.8 Å². The Balaban J connectivity index is 1.55. The van der Waals surface area contributed by atoms with Gasteiger partial charge in [0.2, 0.25) is 5.88 Å². The summed E-state index contributed by atoms with van der Waals surface area (Å²) in [7, 11) is 0. The smallest absolute Gasteiger partial charge is 0.267 e. The van der Waals surface area contributed by atoms with Crippen LogP contribution in [-0.4, -0.2) is 17.4 Å². The molecule has 0 atom stereocenters. The average molecular weight is 333 g/mol. The fourth-order valence-corrected chi connectivity index (χ4v) is 2.36. The van der Waals surface area contributed by atoms with Crippen molar-refractivity contribution in [1.29, 1.82) is 0 Å². The Labute approximate surface area is 146 Å². The number of anilines is 1. The van der Waals surface area contributed by atoms with Crippen molar-refractivity contribution in [2.75, 3.05) is 11.9 Å². The van der Waals surface area contributed by atoms with Crippen LogP contribution >= 0.6 is 0 Å². The molecule has 0 saturated heterocycles. The Morgan fingerprint density at radius 2 is 1.72 bits per heavy atom. The van der Waals surface area contributed by atoms with Gasteiger partial charge in [-0.05, 0) is 42.3 Å². The predicted octanol–water partition coefficient (Wildman–Crippen LogP) is 3.63. The molecule has 3 N–H and O–H groups in total. The molecule has 0 radical (unpaired) electrons. The molecule has 2 aromatic carbocycles.